The van der Waals surface area contributed by atoms with E-state index in [-0.39, 0.29) is 12.1 Å². The van der Waals surface area contributed by atoms with Crippen molar-refractivity contribution in [2.45, 2.75) is 52.2 Å². The maximum Gasteiger partial charge on any atom is 0.410 e. The van der Waals surface area contributed by atoms with Gasteiger partial charge in [0, 0.05) is 19.1 Å². The number of carbonyl (C=O) groups is 1. The SMILES string of the molecule is C[C@H]1CN(C(=O)OC(C)(C)C)CCC[C@@H]1N. The molecule has 1 amide bonds. The molecule has 0 spiro atoms. The Bertz CT molecular complexity index is 248. The van der Waals surface area contributed by atoms with Crippen LogP contribution in [0.4, 0.5) is 4.79 Å². The van der Waals surface area contributed by atoms with E-state index in [0.29, 0.717) is 12.5 Å². The molecular weight excluding hydrogens is 204 g/mol. The third-order valence-electron chi connectivity index (χ3n) is 2.86. The molecule has 1 rings (SSSR count). The van der Waals surface area contributed by atoms with Gasteiger partial charge < -0.3 is 15.4 Å². The largest absolute Gasteiger partial charge is 0.444 e. The molecule has 0 radical (unpaired) electrons. The standard InChI is InChI=1S/C12H24N2O2/c1-9-8-14(7-5-6-10(9)13)11(15)16-12(2,3)4/h9-10H,5-8,13H2,1-4H3/t9-,10-/m0/s1. The average molecular weight is 228 g/mol. The Kier molecular flexibility index (Phi) is 4.19. The van der Waals surface area contributed by atoms with Crippen LogP contribution >= 0.6 is 0 Å². The Hall–Kier alpha value is -0.770. The number of carbonyl (C=O) groups excluding carboxylic acids is 1. The minimum atomic E-state index is -0.422. The number of nitrogens with zero attached hydrogens (tertiary/aromatic N) is 1. The summed E-state index contributed by atoms with van der Waals surface area (Å²) in [4.78, 5) is 13.7. The van der Waals surface area contributed by atoms with E-state index in [4.69, 9.17) is 10.5 Å². The Balaban J connectivity index is 2.56. The van der Waals surface area contributed by atoms with Gasteiger partial charge in [-0.05, 0) is 39.5 Å². The molecule has 1 fully saturated rings. The number of rotatable bonds is 0. The zero-order valence-electron chi connectivity index (χ0n) is 10.8. The lowest BCUT2D eigenvalue weighted by atomic mass is 10.0. The summed E-state index contributed by atoms with van der Waals surface area (Å²) in [5.74, 6) is 0.343. The van der Waals surface area contributed by atoms with E-state index in [9.17, 15) is 4.79 Å². The molecule has 2 atom stereocenters. The molecule has 1 aliphatic heterocycles. The van der Waals surface area contributed by atoms with Gasteiger partial charge in [-0.3, -0.25) is 0 Å². The molecule has 0 aromatic carbocycles. The predicted molar refractivity (Wildman–Crippen MR) is 64.2 cm³/mol. The zero-order chi connectivity index (χ0) is 12.3. The van der Waals surface area contributed by atoms with Crippen LogP contribution in [0.5, 0.6) is 0 Å². The molecular formula is C12H24N2O2. The first kappa shape index (κ1) is 13.3. The van der Waals surface area contributed by atoms with Gasteiger partial charge in [0.2, 0.25) is 0 Å². The quantitative estimate of drug-likeness (QED) is 0.689. The lowest BCUT2D eigenvalue weighted by molar-refractivity contribution is 0.0236. The number of amides is 1. The molecule has 0 saturated carbocycles. The lowest BCUT2D eigenvalue weighted by Crippen LogP contribution is -2.40. The van der Waals surface area contributed by atoms with Gasteiger partial charge in [-0.1, -0.05) is 6.92 Å². The molecule has 2 N–H and O–H groups in total. The number of ether oxygens (including phenoxy) is 1. The fourth-order valence-corrected chi connectivity index (χ4v) is 1.87. The molecule has 0 aromatic heterocycles. The first-order valence-electron chi connectivity index (χ1n) is 6.03. The highest BCUT2D eigenvalue weighted by atomic mass is 16.6. The second-order valence-electron chi connectivity index (χ2n) is 5.71. The van der Waals surface area contributed by atoms with Gasteiger partial charge in [0.1, 0.15) is 5.60 Å². The van der Waals surface area contributed by atoms with Gasteiger partial charge in [0.15, 0.2) is 0 Å². The Morgan fingerprint density at radius 1 is 1.44 bits per heavy atom. The van der Waals surface area contributed by atoms with Gasteiger partial charge in [-0.15, -0.1) is 0 Å². The van der Waals surface area contributed by atoms with E-state index in [1.165, 1.54) is 0 Å². The average Bonchev–Trinajstić information content (AvgIpc) is 2.27. The molecule has 94 valence electrons. The van der Waals surface area contributed by atoms with Gasteiger partial charge in [0.05, 0.1) is 0 Å². The Morgan fingerprint density at radius 3 is 2.62 bits per heavy atom. The normalized spacial score (nSPS) is 27.4. The number of nitrogens with two attached hydrogens (primary N) is 1. The second-order valence-corrected chi connectivity index (χ2v) is 5.71. The highest BCUT2D eigenvalue weighted by Crippen LogP contribution is 2.17. The van der Waals surface area contributed by atoms with Crippen molar-refractivity contribution in [3.8, 4) is 0 Å². The first-order chi connectivity index (χ1) is 7.29. The molecule has 16 heavy (non-hydrogen) atoms. The molecule has 0 unspecified atom stereocenters. The second kappa shape index (κ2) is 5.04. The van der Waals surface area contributed by atoms with Crippen LogP contribution in [-0.2, 0) is 4.74 Å². The van der Waals surface area contributed by atoms with Gasteiger partial charge in [0.25, 0.3) is 0 Å². The van der Waals surface area contributed by atoms with Crippen LogP contribution in [0.3, 0.4) is 0 Å². The molecule has 1 saturated heterocycles. The van der Waals surface area contributed by atoms with Crippen molar-refractivity contribution in [2.24, 2.45) is 11.7 Å². The maximum absolute atomic E-state index is 11.9. The van der Waals surface area contributed by atoms with Crippen molar-refractivity contribution in [3.63, 3.8) is 0 Å². The minimum absolute atomic E-state index is 0.201. The van der Waals surface area contributed by atoms with Crippen LogP contribution in [0.15, 0.2) is 0 Å². The fraction of sp³-hybridized carbons (Fsp3) is 0.917. The number of hydrogen-bond donors (Lipinski definition) is 1. The number of hydrogen-bond acceptors (Lipinski definition) is 3. The van der Waals surface area contributed by atoms with E-state index in [1.54, 1.807) is 4.90 Å². The lowest BCUT2D eigenvalue weighted by Gasteiger charge is -2.28. The topological polar surface area (TPSA) is 55.6 Å². The monoisotopic (exact) mass is 228 g/mol. The van der Waals surface area contributed by atoms with Crippen LogP contribution in [0, 0.1) is 5.92 Å². The summed E-state index contributed by atoms with van der Waals surface area (Å²) < 4.78 is 5.36. The molecule has 4 nitrogen and oxygen atoms in total. The van der Waals surface area contributed by atoms with Crippen LogP contribution in [0.25, 0.3) is 0 Å². The van der Waals surface area contributed by atoms with E-state index in [0.717, 1.165) is 19.4 Å². The van der Waals surface area contributed by atoms with Gasteiger partial charge >= 0.3 is 6.09 Å². The van der Waals surface area contributed by atoms with E-state index >= 15 is 0 Å². The molecule has 0 aliphatic carbocycles. The Morgan fingerprint density at radius 2 is 2.06 bits per heavy atom. The molecule has 4 heteroatoms. The van der Waals surface area contributed by atoms with E-state index in [2.05, 4.69) is 6.92 Å². The summed E-state index contributed by atoms with van der Waals surface area (Å²) in [6.45, 7) is 9.21. The number of likely N-dealkylation sites (tertiary alicyclic amines) is 1. The summed E-state index contributed by atoms with van der Waals surface area (Å²) in [6.07, 6.45) is 1.74. The van der Waals surface area contributed by atoms with Crippen molar-refractivity contribution >= 4 is 6.09 Å². The highest BCUT2D eigenvalue weighted by Gasteiger charge is 2.27. The summed E-state index contributed by atoms with van der Waals surface area (Å²) in [6, 6.07) is 0.201. The highest BCUT2D eigenvalue weighted by molar-refractivity contribution is 5.68. The third-order valence-corrected chi connectivity index (χ3v) is 2.86. The summed E-state index contributed by atoms with van der Waals surface area (Å²) in [5, 5.41) is 0. The van der Waals surface area contributed by atoms with Crippen LogP contribution < -0.4 is 5.73 Å². The first-order valence-corrected chi connectivity index (χ1v) is 6.03. The summed E-state index contributed by atoms with van der Waals surface area (Å²) in [5.41, 5.74) is 5.57. The van der Waals surface area contributed by atoms with Crippen molar-refractivity contribution in [1.29, 1.82) is 0 Å². The van der Waals surface area contributed by atoms with E-state index in [1.807, 2.05) is 20.8 Å². The van der Waals surface area contributed by atoms with E-state index < -0.39 is 5.60 Å². The van der Waals surface area contributed by atoms with Crippen LogP contribution in [0.2, 0.25) is 0 Å². The maximum atomic E-state index is 11.9. The van der Waals surface area contributed by atoms with Crippen LogP contribution in [-0.4, -0.2) is 35.7 Å². The third kappa shape index (κ3) is 4.00. The molecule has 0 aromatic rings. The molecule has 0 bridgehead atoms. The van der Waals surface area contributed by atoms with Crippen molar-refractivity contribution in [2.75, 3.05) is 13.1 Å². The van der Waals surface area contributed by atoms with Gasteiger partial charge in [-0.25, -0.2) is 4.79 Å². The van der Waals surface area contributed by atoms with Crippen LogP contribution in [0.1, 0.15) is 40.5 Å². The predicted octanol–water partition coefficient (Wildman–Crippen LogP) is 1.98. The Labute approximate surface area is 98.1 Å². The van der Waals surface area contributed by atoms with Gasteiger partial charge in [-0.2, -0.15) is 0 Å². The van der Waals surface area contributed by atoms with Crippen molar-refractivity contribution in [3.05, 3.63) is 0 Å². The summed E-state index contributed by atoms with van der Waals surface area (Å²) in [7, 11) is 0. The molecule has 1 heterocycles. The van der Waals surface area contributed by atoms with Crippen molar-refractivity contribution in [1.82, 2.24) is 4.90 Å². The van der Waals surface area contributed by atoms with Crippen molar-refractivity contribution < 1.29 is 9.53 Å². The summed E-state index contributed by atoms with van der Waals surface area (Å²) >= 11 is 0. The smallest absolute Gasteiger partial charge is 0.410 e. The minimum Gasteiger partial charge on any atom is -0.444 e. The molecule has 1 aliphatic rings. The fourth-order valence-electron chi connectivity index (χ4n) is 1.87. The zero-order valence-corrected chi connectivity index (χ0v) is 10.8.